The number of anilines is 4. The highest BCUT2D eigenvalue weighted by Crippen LogP contribution is 2.32. The van der Waals surface area contributed by atoms with E-state index >= 15 is 0 Å². The second-order valence-corrected chi connectivity index (χ2v) is 8.01. The van der Waals surface area contributed by atoms with E-state index in [-0.39, 0.29) is 34.5 Å². The number of aromatic amines is 1. The van der Waals surface area contributed by atoms with Crippen LogP contribution in [0.2, 0.25) is 15.1 Å². The van der Waals surface area contributed by atoms with Crippen molar-refractivity contribution < 1.29 is 9.59 Å². The zero-order valence-corrected chi connectivity index (χ0v) is 17.9. The standard InChI is InChI=1S/C20H14Cl3N5O3/c21-9-2-1-3-11(6-9)24-20-27-17-16(19(31)28-20)12(8-15(29)26-17)18(30)25-14-7-10(22)4-5-13(14)23/h1-7,12H,8H2,(H,25,30)(H3,24,26,27,28,29,31). The molecule has 1 unspecified atom stereocenters. The summed E-state index contributed by atoms with van der Waals surface area (Å²) in [5.41, 5.74) is 0.344. The molecule has 2 aromatic carbocycles. The summed E-state index contributed by atoms with van der Waals surface area (Å²) in [6, 6.07) is 11.4. The third-order valence-electron chi connectivity index (χ3n) is 4.54. The fourth-order valence-electron chi connectivity index (χ4n) is 3.17. The first-order chi connectivity index (χ1) is 14.8. The molecular weight excluding hydrogens is 465 g/mol. The Morgan fingerprint density at radius 3 is 2.61 bits per heavy atom. The highest BCUT2D eigenvalue weighted by molar-refractivity contribution is 6.35. The monoisotopic (exact) mass is 477 g/mol. The Hall–Kier alpha value is -3.07. The van der Waals surface area contributed by atoms with E-state index in [4.69, 9.17) is 34.8 Å². The van der Waals surface area contributed by atoms with Gasteiger partial charge in [0.1, 0.15) is 5.82 Å². The molecule has 1 atom stereocenters. The van der Waals surface area contributed by atoms with Gasteiger partial charge >= 0.3 is 0 Å². The lowest BCUT2D eigenvalue weighted by atomic mass is 9.92. The summed E-state index contributed by atoms with van der Waals surface area (Å²) in [7, 11) is 0. The maximum absolute atomic E-state index is 12.9. The van der Waals surface area contributed by atoms with Crippen LogP contribution in [0.1, 0.15) is 17.9 Å². The Morgan fingerprint density at radius 2 is 1.84 bits per heavy atom. The van der Waals surface area contributed by atoms with Crippen LogP contribution in [0.3, 0.4) is 0 Å². The Kier molecular flexibility index (Phi) is 5.86. The molecule has 0 fully saturated rings. The molecule has 0 saturated heterocycles. The van der Waals surface area contributed by atoms with Crippen LogP contribution in [0.4, 0.5) is 23.1 Å². The summed E-state index contributed by atoms with van der Waals surface area (Å²) in [6.45, 7) is 0. The first-order valence-electron chi connectivity index (χ1n) is 9.03. The number of hydrogen-bond acceptors (Lipinski definition) is 5. The Bertz CT molecular complexity index is 1260. The van der Waals surface area contributed by atoms with Crippen molar-refractivity contribution in [2.24, 2.45) is 0 Å². The topological polar surface area (TPSA) is 116 Å². The molecule has 158 valence electrons. The molecule has 2 amide bonds. The fraction of sp³-hybridized carbons (Fsp3) is 0.100. The molecule has 0 radical (unpaired) electrons. The van der Waals surface area contributed by atoms with Gasteiger partial charge in [-0.15, -0.1) is 0 Å². The molecule has 1 aliphatic rings. The van der Waals surface area contributed by atoms with Crippen LogP contribution in [0.15, 0.2) is 47.3 Å². The average Bonchev–Trinajstić information content (AvgIpc) is 2.69. The van der Waals surface area contributed by atoms with Gasteiger partial charge in [0.2, 0.25) is 17.8 Å². The first-order valence-corrected chi connectivity index (χ1v) is 10.2. The van der Waals surface area contributed by atoms with Crippen LogP contribution in [-0.4, -0.2) is 21.8 Å². The van der Waals surface area contributed by atoms with Gasteiger partial charge in [-0.25, -0.2) is 0 Å². The lowest BCUT2D eigenvalue weighted by molar-refractivity contribution is -0.123. The number of nitrogens with zero attached hydrogens (tertiary/aromatic N) is 1. The van der Waals surface area contributed by atoms with Gasteiger partial charge in [-0.1, -0.05) is 40.9 Å². The third-order valence-corrected chi connectivity index (χ3v) is 5.34. The SMILES string of the molecule is O=C1CC(C(=O)Nc2cc(Cl)ccc2Cl)c2c(nc(Nc3cccc(Cl)c3)[nH]c2=O)N1. The molecule has 4 rings (SSSR count). The second-order valence-electron chi connectivity index (χ2n) is 6.73. The van der Waals surface area contributed by atoms with E-state index in [0.717, 1.165) is 0 Å². The van der Waals surface area contributed by atoms with Crippen molar-refractivity contribution in [3.05, 3.63) is 73.4 Å². The van der Waals surface area contributed by atoms with Crippen LogP contribution >= 0.6 is 34.8 Å². The van der Waals surface area contributed by atoms with E-state index in [0.29, 0.717) is 15.7 Å². The number of rotatable bonds is 4. The van der Waals surface area contributed by atoms with E-state index in [1.807, 2.05) is 0 Å². The van der Waals surface area contributed by atoms with Gasteiger partial charge in [0.15, 0.2) is 0 Å². The van der Waals surface area contributed by atoms with Crippen LogP contribution in [0.5, 0.6) is 0 Å². The predicted octanol–water partition coefficient (Wildman–Crippen LogP) is 4.54. The van der Waals surface area contributed by atoms with Gasteiger partial charge in [0.25, 0.3) is 5.56 Å². The van der Waals surface area contributed by atoms with Crippen LogP contribution in [0.25, 0.3) is 0 Å². The Balaban J connectivity index is 1.66. The summed E-state index contributed by atoms with van der Waals surface area (Å²) in [6.07, 6.45) is -0.219. The van der Waals surface area contributed by atoms with E-state index < -0.39 is 23.3 Å². The number of amides is 2. The van der Waals surface area contributed by atoms with Crippen LogP contribution in [0, 0.1) is 0 Å². The van der Waals surface area contributed by atoms with E-state index in [1.165, 1.54) is 12.1 Å². The summed E-state index contributed by atoms with van der Waals surface area (Å²) in [5, 5.41) is 9.22. The number of benzene rings is 2. The number of fused-ring (bicyclic) bond motifs is 1. The van der Waals surface area contributed by atoms with Crippen molar-refractivity contribution in [2.75, 3.05) is 16.0 Å². The molecule has 4 N–H and O–H groups in total. The first kappa shape index (κ1) is 21.2. The number of halogens is 3. The second kappa shape index (κ2) is 8.58. The molecule has 0 aliphatic carbocycles. The number of nitrogens with one attached hydrogen (secondary N) is 4. The molecule has 1 aliphatic heterocycles. The smallest absolute Gasteiger partial charge is 0.258 e. The van der Waals surface area contributed by atoms with Crippen molar-refractivity contribution in [1.29, 1.82) is 0 Å². The maximum Gasteiger partial charge on any atom is 0.258 e. The molecule has 8 nitrogen and oxygen atoms in total. The van der Waals surface area contributed by atoms with Gasteiger partial charge in [-0.3, -0.25) is 19.4 Å². The zero-order valence-electron chi connectivity index (χ0n) is 15.6. The molecule has 11 heteroatoms. The highest BCUT2D eigenvalue weighted by atomic mass is 35.5. The molecule has 3 aromatic rings. The number of H-pyrrole nitrogens is 1. The van der Waals surface area contributed by atoms with Gasteiger partial charge in [-0.2, -0.15) is 4.98 Å². The normalized spacial score (nSPS) is 15.1. The molecule has 2 heterocycles. The van der Waals surface area contributed by atoms with E-state index in [2.05, 4.69) is 25.9 Å². The minimum Gasteiger partial charge on any atom is -0.326 e. The summed E-state index contributed by atoms with van der Waals surface area (Å²) >= 11 is 18.0. The van der Waals surface area contributed by atoms with Gasteiger partial charge in [0, 0.05) is 22.2 Å². The quantitative estimate of drug-likeness (QED) is 0.439. The predicted molar refractivity (Wildman–Crippen MR) is 121 cm³/mol. The molecule has 31 heavy (non-hydrogen) atoms. The number of aromatic nitrogens is 2. The summed E-state index contributed by atoms with van der Waals surface area (Å²) < 4.78 is 0. The van der Waals surface area contributed by atoms with E-state index in [9.17, 15) is 14.4 Å². The minimum atomic E-state index is -1.06. The van der Waals surface area contributed by atoms with E-state index in [1.54, 1.807) is 30.3 Å². The average molecular weight is 479 g/mol. The van der Waals surface area contributed by atoms with Gasteiger partial charge < -0.3 is 16.0 Å². The summed E-state index contributed by atoms with van der Waals surface area (Å²) in [5.74, 6) is -2.00. The highest BCUT2D eigenvalue weighted by Gasteiger charge is 2.35. The fourth-order valence-corrected chi connectivity index (χ4v) is 3.70. The lowest BCUT2D eigenvalue weighted by Crippen LogP contribution is -2.36. The zero-order chi connectivity index (χ0) is 22.1. The van der Waals surface area contributed by atoms with Crippen molar-refractivity contribution in [3.63, 3.8) is 0 Å². The van der Waals surface area contributed by atoms with Gasteiger partial charge in [-0.05, 0) is 36.4 Å². The van der Waals surface area contributed by atoms with Crippen molar-refractivity contribution >= 4 is 69.8 Å². The number of carbonyl (C=O) groups is 2. The molecule has 0 spiro atoms. The third kappa shape index (κ3) is 4.66. The lowest BCUT2D eigenvalue weighted by Gasteiger charge is -2.24. The molecule has 1 aromatic heterocycles. The largest absolute Gasteiger partial charge is 0.326 e. The van der Waals surface area contributed by atoms with Crippen LogP contribution in [-0.2, 0) is 9.59 Å². The van der Waals surface area contributed by atoms with Crippen molar-refractivity contribution in [3.8, 4) is 0 Å². The van der Waals surface area contributed by atoms with Crippen molar-refractivity contribution in [2.45, 2.75) is 12.3 Å². The molecular formula is C20H14Cl3N5O3. The van der Waals surface area contributed by atoms with Gasteiger partial charge in [0.05, 0.1) is 22.2 Å². The van der Waals surface area contributed by atoms with Crippen molar-refractivity contribution in [1.82, 2.24) is 9.97 Å². The Morgan fingerprint density at radius 1 is 1.06 bits per heavy atom. The Labute approximate surface area is 190 Å². The van der Waals surface area contributed by atoms with Crippen LogP contribution < -0.4 is 21.5 Å². The number of hydrogen-bond donors (Lipinski definition) is 4. The minimum absolute atomic E-state index is 0.00173. The molecule has 0 saturated carbocycles. The maximum atomic E-state index is 12.9. The summed E-state index contributed by atoms with van der Waals surface area (Å²) in [4.78, 5) is 44.7. The molecule has 0 bridgehead atoms. The number of carbonyl (C=O) groups excluding carboxylic acids is 2.